The normalized spacial score (nSPS) is 33.8. The minimum atomic E-state index is 0.701. The predicted octanol–water partition coefficient (Wildman–Crippen LogP) is 1.10. The van der Waals surface area contributed by atoms with Crippen molar-refractivity contribution in [3.8, 4) is 0 Å². The molecule has 0 aromatic heterocycles. The van der Waals surface area contributed by atoms with E-state index in [4.69, 9.17) is 4.74 Å². The van der Waals surface area contributed by atoms with Crippen LogP contribution in [-0.2, 0) is 4.74 Å². The molecule has 0 radical (unpaired) electrons. The van der Waals surface area contributed by atoms with Gasteiger partial charge < -0.3 is 15.0 Å². The molecular weight excluding hydrogens is 188 g/mol. The summed E-state index contributed by atoms with van der Waals surface area (Å²) in [7, 11) is 2.28. The van der Waals surface area contributed by atoms with Crippen molar-refractivity contribution in [1.82, 2.24) is 10.2 Å². The summed E-state index contributed by atoms with van der Waals surface area (Å²) in [5.74, 6) is 0.845. The molecule has 2 atom stereocenters. The van der Waals surface area contributed by atoms with Crippen LogP contribution < -0.4 is 5.32 Å². The van der Waals surface area contributed by atoms with E-state index in [-0.39, 0.29) is 0 Å². The van der Waals surface area contributed by atoms with Gasteiger partial charge in [0.2, 0.25) is 0 Å². The zero-order valence-electron chi connectivity index (χ0n) is 10.0. The van der Waals surface area contributed by atoms with Crippen LogP contribution in [0.3, 0.4) is 0 Å². The van der Waals surface area contributed by atoms with E-state index in [1.54, 1.807) is 0 Å². The van der Waals surface area contributed by atoms with Crippen molar-refractivity contribution < 1.29 is 4.74 Å². The summed E-state index contributed by atoms with van der Waals surface area (Å²) < 4.78 is 5.40. The highest BCUT2D eigenvalue weighted by Crippen LogP contribution is 2.20. The van der Waals surface area contributed by atoms with E-state index in [1.807, 2.05) is 0 Å². The third-order valence-corrected chi connectivity index (χ3v) is 4.03. The van der Waals surface area contributed by atoms with Crippen molar-refractivity contribution in [2.75, 3.05) is 33.4 Å². The Labute approximate surface area is 93.2 Å². The van der Waals surface area contributed by atoms with Gasteiger partial charge in [0.15, 0.2) is 0 Å². The maximum Gasteiger partial charge on any atom is 0.0480 e. The third kappa shape index (κ3) is 2.92. The maximum atomic E-state index is 5.40. The molecular formula is C12H24N2O. The summed E-state index contributed by atoms with van der Waals surface area (Å²) in [5, 5.41) is 3.53. The summed E-state index contributed by atoms with van der Waals surface area (Å²) in [5.41, 5.74) is 0. The van der Waals surface area contributed by atoms with Crippen molar-refractivity contribution in [2.24, 2.45) is 5.92 Å². The molecule has 0 spiro atoms. The zero-order chi connectivity index (χ0) is 10.7. The molecule has 3 nitrogen and oxygen atoms in total. The molecule has 0 aliphatic carbocycles. The van der Waals surface area contributed by atoms with Gasteiger partial charge in [0.1, 0.15) is 0 Å². The van der Waals surface area contributed by atoms with E-state index >= 15 is 0 Å². The Balaban J connectivity index is 1.77. The van der Waals surface area contributed by atoms with Crippen LogP contribution in [0, 0.1) is 5.92 Å². The van der Waals surface area contributed by atoms with E-state index in [0.717, 1.165) is 25.2 Å². The lowest BCUT2D eigenvalue weighted by Gasteiger charge is -2.33. The molecule has 2 aliphatic heterocycles. The fraction of sp³-hybridized carbons (Fsp3) is 1.00. The number of nitrogens with one attached hydrogen (secondary N) is 1. The van der Waals surface area contributed by atoms with Crippen LogP contribution in [0.1, 0.15) is 26.2 Å². The maximum absolute atomic E-state index is 5.40. The lowest BCUT2D eigenvalue weighted by molar-refractivity contribution is 0.0379. The molecule has 2 heterocycles. The Morgan fingerprint density at radius 1 is 1.27 bits per heavy atom. The monoisotopic (exact) mass is 212 g/mol. The first-order chi connectivity index (χ1) is 7.27. The highest BCUT2D eigenvalue weighted by Gasteiger charge is 2.26. The molecule has 3 heteroatoms. The summed E-state index contributed by atoms with van der Waals surface area (Å²) in [6.45, 7) is 6.67. The number of hydrogen-bond acceptors (Lipinski definition) is 3. The molecule has 0 bridgehead atoms. The molecule has 2 rings (SSSR count). The van der Waals surface area contributed by atoms with Crippen LogP contribution in [0.15, 0.2) is 0 Å². The molecule has 0 amide bonds. The zero-order valence-corrected chi connectivity index (χ0v) is 10.0. The van der Waals surface area contributed by atoms with Gasteiger partial charge in [-0.05, 0) is 45.7 Å². The van der Waals surface area contributed by atoms with E-state index in [9.17, 15) is 0 Å². The Hall–Kier alpha value is -0.120. The Bertz CT molecular complexity index is 192. The first-order valence-electron chi connectivity index (χ1n) is 6.28. The molecule has 2 unspecified atom stereocenters. The fourth-order valence-electron chi connectivity index (χ4n) is 2.81. The van der Waals surface area contributed by atoms with Crippen molar-refractivity contribution in [1.29, 1.82) is 0 Å². The second-order valence-electron chi connectivity index (χ2n) is 5.07. The molecule has 0 saturated carbocycles. The van der Waals surface area contributed by atoms with Crippen LogP contribution in [0.2, 0.25) is 0 Å². The molecule has 2 aliphatic rings. The van der Waals surface area contributed by atoms with E-state index in [1.165, 1.54) is 32.4 Å². The molecule has 1 N–H and O–H groups in total. The average molecular weight is 212 g/mol. The van der Waals surface area contributed by atoms with Gasteiger partial charge in [-0.3, -0.25) is 0 Å². The quantitative estimate of drug-likeness (QED) is 0.758. The highest BCUT2D eigenvalue weighted by atomic mass is 16.5. The highest BCUT2D eigenvalue weighted by molar-refractivity contribution is 4.84. The Morgan fingerprint density at radius 2 is 2.00 bits per heavy atom. The number of nitrogens with zero attached hydrogens (tertiary/aromatic N) is 1. The van der Waals surface area contributed by atoms with Gasteiger partial charge in [0, 0.05) is 31.8 Å². The lowest BCUT2D eigenvalue weighted by Crippen LogP contribution is -2.41. The number of ether oxygens (including phenoxy) is 1. The minimum absolute atomic E-state index is 0.701. The Kier molecular flexibility index (Phi) is 4.00. The van der Waals surface area contributed by atoms with Crippen molar-refractivity contribution in [3.05, 3.63) is 0 Å². The van der Waals surface area contributed by atoms with E-state index in [0.29, 0.717) is 6.04 Å². The van der Waals surface area contributed by atoms with Crippen molar-refractivity contribution in [3.63, 3.8) is 0 Å². The van der Waals surface area contributed by atoms with Gasteiger partial charge in [0.25, 0.3) is 0 Å². The minimum Gasteiger partial charge on any atom is -0.381 e. The van der Waals surface area contributed by atoms with Crippen LogP contribution in [0.4, 0.5) is 0 Å². The molecule has 2 fully saturated rings. The largest absolute Gasteiger partial charge is 0.381 e. The predicted molar refractivity (Wildman–Crippen MR) is 62.0 cm³/mol. The number of hydrogen-bond donors (Lipinski definition) is 1. The molecule has 0 aromatic carbocycles. The van der Waals surface area contributed by atoms with Gasteiger partial charge in [-0.25, -0.2) is 0 Å². The van der Waals surface area contributed by atoms with E-state index < -0.39 is 0 Å². The SMILES string of the molecule is CC1NCCC1CN(C)C1CCOCC1. The summed E-state index contributed by atoms with van der Waals surface area (Å²) >= 11 is 0. The molecule has 15 heavy (non-hydrogen) atoms. The van der Waals surface area contributed by atoms with Gasteiger partial charge in [0.05, 0.1) is 0 Å². The van der Waals surface area contributed by atoms with Crippen LogP contribution in [0.5, 0.6) is 0 Å². The summed E-state index contributed by atoms with van der Waals surface area (Å²) in [4.78, 5) is 2.55. The first-order valence-corrected chi connectivity index (χ1v) is 6.28. The first kappa shape index (κ1) is 11.4. The lowest BCUT2D eigenvalue weighted by atomic mass is 9.99. The topological polar surface area (TPSA) is 24.5 Å². The van der Waals surface area contributed by atoms with Crippen LogP contribution >= 0.6 is 0 Å². The molecule has 88 valence electrons. The number of rotatable bonds is 3. The van der Waals surface area contributed by atoms with Gasteiger partial charge in [-0.15, -0.1) is 0 Å². The van der Waals surface area contributed by atoms with Crippen LogP contribution in [-0.4, -0.2) is 50.3 Å². The van der Waals surface area contributed by atoms with Gasteiger partial charge in [-0.2, -0.15) is 0 Å². The molecule has 2 saturated heterocycles. The standard InChI is InChI=1S/C12H24N2O/c1-10-11(3-6-13-10)9-14(2)12-4-7-15-8-5-12/h10-13H,3-9H2,1-2H3. The van der Waals surface area contributed by atoms with Crippen molar-refractivity contribution in [2.45, 2.75) is 38.3 Å². The summed E-state index contributed by atoms with van der Waals surface area (Å²) in [6, 6.07) is 1.46. The van der Waals surface area contributed by atoms with Crippen LogP contribution in [0.25, 0.3) is 0 Å². The second-order valence-corrected chi connectivity index (χ2v) is 5.07. The smallest absolute Gasteiger partial charge is 0.0480 e. The summed E-state index contributed by atoms with van der Waals surface area (Å²) in [6.07, 6.45) is 3.77. The third-order valence-electron chi connectivity index (χ3n) is 4.03. The Morgan fingerprint density at radius 3 is 2.60 bits per heavy atom. The van der Waals surface area contributed by atoms with Crippen molar-refractivity contribution >= 4 is 0 Å². The van der Waals surface area contributed by atoms with Gasteiger partial charge in [-0.1, -0.05) is 0 Å². The van der Waals surface area contributed by atoms with Gasteiger partial charge >= 0.3 is 0 Å². The van der Waals surface area contributed by atoms with E-state index in [2.05, 4.69) is 24.2 Å². The molecule has 0 aromatic rings. The fourth-order valence-corrected chi connectivity index (χ4v) is 2.81. The average Bonchev–Trinajstić information content (AvgIpc) is 2.66. The second kappa shape index (κ2) is 5.28.